The molecule has 2 aliphatic heterocycles. The molecule has 7 heteroatoms. The van der Waals surface area contributed by atoms with Gasteiger partial charge in [-0.1, -0.05) is 6.92 Å². The number of hydrogen-bond donors (Lipinski definition) is 1. The molecule has 5 nitrogen and oxygen atoms in total. The minimum absolute atomic E-state index is 0.0719. The molecule has 0 atom stereocenters. The van der Waals surface area contributed by atoms with E-state index in [-0.39, 0.29) is 4.75 Å². The highest BCUT2D eigenvalue weighted by molar-refractivity contribution is 8.00. The summed E-state index contributed by atoms with van der Waals surface area (Å²) in [6, 6.07) is 0. The van der Waals surface area contributed by atoms with Gasteiger partial charge in [-0.15, -0.1) is 0 Å². The van der Waals surface area contributed by atoms with Crippen molar-refractivity contribution in [1.29, 1.82) is 0 Å². The van der Waals surface area contributed by atoms with Gasteiger partial charge in [-0.25, -0.2) is 0 Å². The third-order valence-electron chi connectivity index (χ3n) is 4.83. The molecule has 0 saturated carbocycles. The van der Waals surface area contributed by atoms with Crippen LogP contribution < -0.4 is 5.73 Å². The van der Waals surface area contributed by atoms with Crippen LogP contribution in [0.15, 0.2) is 0 Å². The summed E-state index contributed by atoms with van der Waals surface area (Å²) in [6.07, 6.45) is 5.74. The van der Waals surface area contributed by atoms with Gasteiger partial charge in [-0.3, -0.25) is 0 Å². The summed E-state index contributed by atoms with van der Waals surface area (Å²) in [6.45, 7) is 5.37. The predicted molar refractivity (Wildman–Crippen MR) is 85.0 cm³/mol. The lowest BCUT2D eigenvalue weighted by atomic mass is 9.97. The molecule has 0 unspecified atom stereocenters. The fraction of sp³-hybridized carbons (Fsp3) is 1.00. The number of nitrogens with zero attached hydrogens (tertiary/aromatic N) is 2. The Hall–Kier alpha value is 0.180. The summed E-state index contributed by atoms with van der Waals surface area (Å²) >= 11 is 1.78. The third-order valence-corrected chi connectivity index (χ3v) is 8.31. The van der Waals surface area contributed by atoms with Crippen molar-refractivity contribution in [3.63, 3.8) is 0 Å². The molecule has 2 heterocycles. The standard InChI is InChI=1S/C13H27N3O2S2/c1-12-3-7-15(8-4-12)20(17,18)16-9-5-13(11-14,19-2)6-10-16/h12H,3-11,14H2,1-2H3. The number of rotatable bonds is 4. The van der Waals surface area contributed by atoms with Crippen molar-refractivity contribution in [2.45, 2.75) is 37.4 Å². The first-order valence-electron chi connectivity index (χ1n) is 7.44. The Morgan fingerprint density at radius 2 is 1.65 bits per heavy atom. The van der Waals surface area contributed by atoms with Crippen molar-refractivity contribution < 1.29 is 8.42 Å². The van der Waals surface area contributed by atoms with Crippen LogP contribution in [0.4, 0.5) is 0 Å². The summed E-state index contributed by atoms with van der Waals surface area (Å²) in [4.78, 5) is 0. The van der Waals surface area contributed by atoms with Gasteiger partial charge >= 0.3 is 0 Å². The van der Waals surface area contributed by atoms with Crippen LogP contribution in [0, 0.1) is 5.92 Å². The molecule has 118 valence electrons. The van der Waals surface area contributed by atoms with Crippen LogP contribution in [-0.2, 0) is 10.2 Å². The highest BCUT2D eigenvalue weighted by Gasteiger charge is 2.39. The van der Waals surface area contributed by atoms with E-state index in [4.69, 9.17) is 5.73 Å². The Labute approximate surface area is 127 Å². The largest absolute Gasteiger partial charge is 0.329 e. The van der Waals surface area contributed by atoms with Gasteiger partial charge in [0.25, 0.3) is 10.2 Å². The molecule has 0 aromatic rings. The van der Waals surface area contributed by atoms with Crippen LogP contribution in [-0.4, -0.2) is 60.8 Å². The fourth-order valence-electron chi connectivity index (χ4n) is 2.99. The van der Waals surface area contributed by atoms with E-state index in [0.29, 0.717) is 38.6 Å². The summed E-state index contributed by atoms with van der Waals surface area (Å²) < 4.78 is 28.7. The molecular weight excluding hydrogens is 294 g/mol. The fourth-order valence-corrected chi connectivity index (χ4v) is 5.40. The average molecular weight is 322 g/mol. The molecule has 0 aromatic heterocycles. The van der Waals surface area contributed by atoms with E-state index in [2.05, 4.69) is 13.2 Å². The zero-order valence-electron chi connectivity index (χ0n) is 12.5. The van der Waals surface area contributed by atoms with Crippen LogP contribution in [0.3, 0.4) is 0 Å². The second kappa shape index (κ2) is 6.52. The molecule has 20 heavy (non-hydrogen) atoms. The van der Waals surface area contributed by atoms with Crippen LogP contribution in [0.25, 0.3) is 0 Å². The smallest absolute Gasteiger partial charge is 0.281 e. The summed E-state index contributed by atoms with van der Waals surface area (Å²) in [5, 5.41) is 0. The molecule has 0 spiro atoms. The summed E-state index contributed by atoms with van der Waals surface area (Å²) in [7, 11) is -3.26. The lowest BCUT2D eigenvalue weighted by Crippen LogP contribution is -2.53. The van der Waals surface area contributed by atoms with Crippen LogP contribution in [0.1, 0.15) is 32.6 Å². The maximum atomic E-state index is 12.6. The Morgan fingerprint density at radius 3 is 2.10 bits per heavy atom. The van der Waals surface area contributed by atoms with Gasteiger partial charge in [-0.2, -0.15) is 28.8 Å². The summed E-state index contributed by atoms with van der Waals surface area (Å²) in [5.74, 6) is 0.643. The SMILES string of the molecule is CSC1(CN)CCN(S(=O)(=O)N2CCC(C)CC2)CC1. The van der Waals surface area contributed by atoms with Gasteiger partial charge in [-0.05, 0) is 37.9 Å². The van der Waals surface area contributed by atoms with Crippen molar-refractivity contribution in [3.8, 4) is 0 Å². The maximum Gasteiger partial charge on any atom is 0.281 e. The van der Waals surface area contributed by atoms with Crippen molar-refractivity contribution in [2.24, 2.45) is 11.7 Å². The van der Waals surface area contributed by atoms with E-state index in [1.165, 1.54) is 0 Å². The Balaban J connectivity index is 1.98. The van der Waals surface area contributed by atoms with Crippen LogP contribution in [0.2, 0.25) is 0 Å². The second-order valence-electron chi connectivity index (χ2n) is 6.08. The molecular formula is C13H27N3O2S2. The van der Waals surface area contributed by atoms with Crippen molar-refractivity contribution in [3.05, 3.63) is 0 Å². The monoisotopic (exact) mass is 321 g/mol. The Kier molecular flexibility index (Phi) is 5.40. The first kappa shape index (κ1) is 16.5. The van der Waals surface area contributed by atoms with Gasteiger partial charge < -0.3 is 5.73 Å². The van der Waals surface area contributed by atoms with Crippen molar-refractivity contribution >= 4 is 22.0 Å². The highest BCUT2D eigenvalue weighted by Crippen LogP contribution is 2.35. The molecule has 0 aromatic carbocycles. The molecule has 2 aliphatic rings. The summed E-state index contributed by atoms with van der Waals surface area (Å²) in [5.41, 5.74) is 5.86. The number of nitrogens with two attached hydrogens (primary N) is 1. The van der Waals surface area contributed by atoms with Crippen molar-refractivity contribution in [1.82, 2.24) is 8.61 Å². The van der Waals surface area contributed by atoms with Gasteiger partial charge in [0, 0.05) is 37.5 Å². The lowest BCUT2D eigenvalue weighted by molar-refractivity contribution is 0.242. The van der Waals surface area contributed by atoms with E-state index in [1.807, 2.05) is 0 Å². The first-order chi connectivity index (χ1) is 9.43. The zero-order valence-corrected chi connectivity index (χ0v) is 14.2. The molecule has 2 saturated heterocycles. The van der Waals surface area contributed by atoms with E-state index >= 15 is 0 Å². The molecule has 2 N–H and O–H groups in total. The third kappa shape index (κ3) is 3.32. The van der Waals surface area contributed by atoms with Crippen LogP contribution in [0.5, 0.6) is 0 Å². The molecule has 2 fully saturated rings. The molecule has 0 aliphatic carbocycles. The average Bonchev–Trinajstić information content (AvgIpc) is 2.47. The maximum absolute atomic E-state index is 12.6. The van der Waals surface area contributed by atoms with Gasteiger partial charge in [0.1, 0.15) is 0 Å². The minimum Gasteiger partial charge on any atom is -0.329 e. The Morgan fingerprint density at radius 1 is 1.15 bits per heavy atom. The number of piperidine rings is 2. The first-order valence-corrected chi connectivity index (χ1v) is 10.1. The predicted octanol–water partition coefficient (Wildman–Crippen LogP) is 1.12. The molecule has 0 radical (unpaired) electrons. The van der Waals surface area contributed by atoms with Crippen LogP contribution >= 0.6 is 11.8 Å². The van der Waals surface area contributed by atoms with Gasteiger partial charge in [0.15, 0.2) is 0 Å². The van der Waals surface area contributed by atoms with E-state index in [0.717, 1.165) is 25.7 Å². The van der Waals surface area contributed by atoms with Crippen molar-refractivity contribution in [2.75, 3.05) is 39.0 Å². The lowest BCUT2D eigenvalue weighted by Gasteiger charge is -2.41. The van der Waals surface area contributed by atoms with E-state index in [1.54, 1.807) is 20.4 Å². The molecule has 0 bridgehead atoms. The van der Waals surface area contributed by atoms with E-state index < -0.39 is 10.2 Å². The van der Waals surface area contributed by atoms with Gasteiger partial charge in [0.05, 0.1) is 0 Å². The minimum atomic E-state index is -3.26. The number of thioether (sulfide) groups is 1. The quantitative estimate of drug-likeness (QED) is 0.842. The normalized spacial score (nSPS) is 26.8. The van der Waals surface area contributed by atoms with E-state index in [9.17, 15) is 8.42 Å². The molecule has 2 rings (SSSR count). The Bertz CT molecular complexity index is 405. The molecule has 0 amide bonds. The topological polar surface area (TPSA) is 66.6 Å². The zero-order chi connectivity index (χ0) is 14.8. The van der Waals surface area contributed by atoms with Gasteiger partial charge in [0.2, 0.25) is 0 Å². The number of hydrogen-bond acceptors (Lipinski definition) is 4. The highest BCUT2D eigenvalue weighted by atomic mass is 32.2. The second-order valence-corrected chi connectivity index (χ2v) is 9.28.